The van der Waals surface area contributed by atoms with Gasteiger partial charge in [-0.3, -0.25) is 9.59 Å². The molecule has 0 atom stereocenters. The third kappa shape index (κ3) is 4.38. The first-order valence-corrected chi connectivity index (χ1v) is 12.3. The summed E-state index contributed by atoms with van der Waals surface area (Å²) in [5, 5.41) is 0. The monoisotopic (exact) mass is 430 g/mol. The molecule has 0 aliphatic carbocycles. The molecule has 2 aromatic rings. The fraction of sp³-hybridized carbons (Fsp3) is 0.500. The molecule has 0 unspecified atom stereocenters. The van der Waals surface area contributed by atoms with E-state index in [0.29, 0.717) is 18.8 Å². The van der Waals surface area contributed by atoms with E-state index in [9.17, 15) is 9.59 Å². The molecular weight excluding hydrogens is 396 g/mol. The summed E-state index contributed by atoms with van der Waals surface area (Å²) in [6.45, 7) is 6.41. The number of Topliss-reactive ketones (excluding diaryl/α,β-unsaturated/α-hetero) is 1. The number of carbonyl (C=O) groups excluding carboxylic acids is 2. The number of amides is 1. The van der Waals surface area contributed by atoms with Gasteiger partial charge in [0, 0.05) is 31.5 Å². The molecule has 0 saturated carbocycles. The number of hydrogen-bond donors (Lipinski definition) is 0. The van der Waals surface area contributed by atoms with Crippen LogP contribution < -0.4 is 4.90 Å². The second kappa shape index (κ2) is 9.19. The van der Waals surface area contributed by atoms with Gasteiger partial charge in [-0.05, 0) is 98.8 Å². The van der Waals surface area contributed by atoms with E-state index in [4.69, 9.17) is 0 Å². The van der Waals surface area contributed by atoms with Crippen molar-refractivity contribution < 1.29 is 9.59 Å². The van der Waals surface area contributed by atoms with E-state index in [2.05, 4.69) is 48.2 Å². The Morgan fingerprint density at radius 2 is 1.75 bits per heavy atom. The maximum absolute atomic E-state index is 13.0. The third-order valence-corrected chi connectivity index (χ3v) is 7.82. The lowest BCUT2D eigenvalue weighted by Crippen LogP contribution is -2.35. The summed E-state index contributed by atoms with van der Waals surface area (Å²) in [7, 11) is 0. The SMILES string of the molecule is Cc1ccccc1CCN1CCC(CCC(=O)c2cc3c4c(c2)CCN4C(=O)CC3)CC1. The highest BCUT2D eigenvalue weighted by Gasteiger charge is 2.32. The van der Waals surface area contributed by atoms with Crippen LogP contribution in [0.4, 0.5) is 5.69 Å². The van der Waals surface area contributed by atoms with Gasteiger partial charge in [-0.1, -0.05) is 24.3 Å². The minimum absolute atomic E-state index is 0.237. The maximum atomic E-state index is 13.0. The standard InChI is InChI=1S/C28H34N2O2/c1-20-4-2-3-5-22(20)12-16-29-14-10-21(11-15-29)6-8-26(31)25-18-23-7-9-27(32)30-17-13-24(19-25)28(23)30/h2-5,18-19,21H,6-17H2,1H3. The van der Waals surface area contributed by atoms with Crippen LogP contribution in [0.15, 0.2) is 36.4 Å². The van der Waals surface area contributed by atoms with E-state index < -0.39 is 0 Å². The average molecular weight is 431 g/mol. The molecule has 4 heteroatoms. The van der Waals surface area contributed by atoms with Crippen molar-refractivity contribution in [2.75, 3.05) is 31.1 Å². The van der Waals surface area contributed by atoms with Crippen LogP contribution in [-0.2, 0) is 24.1 Å². The molecule has 0 spiro atoms. The van der Waals surface area contributed by atoms with Gasteiger partial charge in [-0.2, -0.15) is 0 Å². The van der Waals surface area contributed by atoms with Crippen molar-refractivity contribution >= 4 is 17.4 Å². The number of aryl methyl sites for hydroxylation is 2. The molecule has 32 heavy (non-hydrogen) atoms. The zero-order valence-electron chi connectivity index (χ0n) is 19.2. The number of benzene rings is 2. The summed E-state index contributed by atoms with van der Waals surface area (Å²) >= 11 is 0. The second-order valence-electron chi connectivity index (χ2n) is 9.86. The van der Waals surface area contributed by atoms with Crippen LogP contribution in [0.25, 0.3) is 0 Å². The molecule has 3 aliphatic rings. The molecule has 1 fully saturated rings. The van der Waals surface area contributed by atoms with Gasteiger partial charge in [0.25, 0.3) is 0 Å². The molecule has 0 radical (unpaired) electrons. The predicted octanol–water partition coefficient (Wildman–Crippen LogP) is 4.75. The quantitative estimate of drug-likeness (QED) is 0.596. The van der Waals surface area contributed by atoms with Crippen LogP contribution in [-0.4, -0.2) is 42.8 Å². The van der Waals surface area contributed by atoms with Gasteiger partial charge in [0.1, 0.15) is 0 Å². The molecule has 1 amide bonds. The fourth-order valence-corrected chi connectivity index (χ4v) is 5.77. The Morgan fingerprint density at radius 3 is 2.53 bits per heavy atom. The predicted molar refractivity (Wildman–Crippen MR) is 128 cm³/mol. The fourth-order valence-electron chi connectivity index (χ4n) is 5.77. The number of rotatable bonds is 7. The van der Waals surface area contributed by atoms with Crippen LogP contribution >= 0.6 is 0 Å². The van der Waals surface area contributed by atoms with Gasteiger partial charge in [0.15, 0.2) is 5.78 Å². The Bertz CT molecular complexity index is 1020. The van der Waals surface area contributed by atoms with Gasteiger partial charge in [-0.25, -0.2) is 0 Å². The lowest BCUT2D eigenvalue weighted by molar-refractivity contribution is -0.118. The van der Waals surface area contributed by atoms with Crippen molar-refractivity contribution in [3.63, 3.8) is 0 Å². The zero-order valence-corrected chi connectivity index (χ0v) is 19.2. The van der Waals surface area contributed by atoms with Crippen LogP contribution in [0.3, 0.4) is 0 Å². The van der Waals surface area contributed by atoms with Crippen LogP contribution in [0.2, 0.25) is 0 Å². The molecule has 0 bridgehead atoms. The highest BCUT2D eigenvalue weighted by molar-refractivity contribution is 6.02. The summed E-state index contributed by atoms with van der Waals surface area (Å²) in [5.74, 6) is 1.18. The zero-order chi connectivity index (χ0) is 22.1. The molecule has 3 aliphatic heterocycles. The Balaban J connectivity index is 1.11. The highest BCUT2D eigenvalue weighted by Crippen LogP contribution is 2.38. The number of anilines is 1. The summed E-state index contributed by atoms with van der Waals surface area (Å²) < 4.78 is 0. The first-order chi connectivity index (χ1) is 15.6. The summed E-state index contributed by atoms with van der Waals surface area (Å²) in [4.78, 5) is 29.6. The van der Waals surface area contributed by atoms with Crippen molar-refractivity contribution in [3.05, 3.63) is 64.2 Å². The van der Waals surface area contributed by atoms with Crippen molar-refractivity contribution in [3.8, 4) is 0 Å². The molecule has 3 heterocycles. The Kier molecular flexibility index (Phi) is 6.14. The lowest BCUT2D eigenvalue weighted by atomic mass is 9.89. The smallest absolute Gasteiger partial charge is 0.227 e. The van der Waals surface area contributed by atoms with Crippen LogP contribution in [0.1, 0.15) is 64.7 Å². The van der Waals surface area contributed by atoms with Crippen molar-refractivity contribution in [1.29, 1.82) is 0 Å². The number of piperidine rings is 1. The van der Waals surface area contributed by atoms with E-state index >= 15 is 0 Å². The number of carbonyl (C=O) groups is 2. The van der Waals surface area contributed by atoms with Crippen LogP contribution in [0.5, 0.6) is 0 Å². The molecule has 1 saturated heterocycles. The summed E-state index contributed by atoms with van der Waals surface area (Å²) in [5.41, 5.74) is 7.22. The number of likely N-dealkylation sites (tertiary alicyclic amines) is 1. The number of hydrogen-bond acceptors (Lipinski definition) is 3. The van der Waals surface area contributed by atoms with Crippen molar-refractivity contribution in [2.24, 2.45) is 5.92 Å². The minimum atomic E-state index is 0.237. The summed E-state index contributed by atoms with van der Waals surface area (Å²) in [6, 6.07) is 12.8. The largest absolute Gasteiger partial charge is 0.312 e. The number of nitrogens with zero attached hydrogens (tertiary/aromatic N) is 2. The first kappa shape index (κ1) is 21.4. The van der Waals surface area contributed by atoms with Gasteiger partial charge < -0.3 is 9.80 Å². The van der Waals surface area contributed by atoms with Crippen molar-refractivity contribution in [1.82, 2.24) is 4.90 Å². The van der Waals surface area contributed by atoms with Gasteiger partial charge in [-0.15, -0.1) is 0 Å². The molecule has 4 nitrogen and oxygen atoms in total. The van der Waals surface area contributed by atoms with Crippen LogP contribution in [0, 0.1) is 12.8 Å². The highest BCUT2D eigenvalue weighted by atomic mass is 16.2. The average Bonchev–Trinajstić information content (AvgIpc) is 3.25. The van der Waals surface area contributed by atoms with Gasteiger partial charge in [0.05, 0.1) is 5.69 Å². The Morgan fingerprint density at radius 1 is 1.00 bits per heavy atom. The third-order valence-electron chi connectivity index (χ3n) is 7.82. The maximum Gasteiger partial charge on any atom is 0.227 e. The molecule has 0 aromatic heterocycles. The van der Waals surface area contributed by atoms with E-state index in [-0.39, 0.29) is 11.7 Å². The molecule has 2 aromatic carbocycles. The lowest BCUT2D eigenvalue weighted by Gasteiger charge is -2.32. The van der Waals surface area contributed by atoms with E-state index in [1.807, 2.05) is 4.90 Å². The van der Waals surface area contributed by atoms with Gasteiger partial charge in [0.2, 0.25) is 5.91 Å². The Hall–Kier alpha value is -2.46. The molecular formula is C28H34N2O2. The first-order valence-electron chi connectivity index (χ1n) is 12.3. The normalized spacial score (nSPS) is 18.8. The van der Waals surface area contributed by atoms with Gasteiger partial charge >= 0.3 is 0 Å². The van der Waals surface area contributed by atoms with E-state index in [1.165, 1.54) is 35.1 Å². The van der Waals surface area contributed by atoms with E-state index in [1.54, 1.807) is 0 Å². The Labute approximate surface area is 191 Å². The number of ketones is 1. The minimum Gasteiger partial charge on any atom is -0.312 e. The molecule has 0 N–H and O–H groups in total. The van der Waals surface area contributed by atoms with Crippen molar-refractivity contribution in [2.45, 2.75) is 58.3 Å². The van der Waals surface area contributed by atoms with E-state index in [0.717, 1.165) is 63.1 Å². The molecule has 168 valence electrons. The molecule has 5 rings (SSSR count). The second-order valence-corrected chi connectivity index (χ2v) is 9.86. The summed E-state index contributed by atoms with van der Waals surface area (Å²) in [6.07, 6.45) is 7.42. The topological polar surface area (TPSA) is 40.6 Å².